The smallest absolute Gasteiger partial charge is 0.229 e. The van der Waals surface area contributed by atoms with Crippen LogP contribution >= 0.6 is 11.8 Å². The second-order valence-corrected chi connectivity index (χ2v) is 10.4. The van der Waals surface area contributed by atoms with Gasteiger partial charge in [-0.25, -0.2) is 9.97 Å². The van der Waals surface area contributed by atoms with Crippen LogP contribution in [0.3, 0.4) is 0 Å². The molecule has 8 heteroatoms. The number of imidazole rings is 1. The molecule has 35 heavy (non-hydrogen) atoms. The molecule has 1 aliphatic rings. The lowest BCUT2D eigenvalue weighted by Gasteiger charge is -2.32. The summed E-state index contributed by atoms with van der Waals surface area (Å²) in [5.74, 6) is 1.33. The Hall–Kier alpha value is -3.52. The summed E-state index contributed by atoms with van der Waals surface area (Å²) in [6.07, 6.45) is 6.83. The van der Waals surface area contributed by atoms with E-state index in [2.05, 4.69) is 27.2 Å². The van der Waals surface area contributed by atoms with Crippen LogP contribution in [0.5, 0.6) is 0 Å². The summed E-state index contributed by atoms with van der Waals surface area (Å²) in [7, 11) is 0. The molecule has 4 aromatic rings. The Bertz CT molecular complexity index is 1430. The van der Waals surface area contributed by atoms with Gasteiger partial charge in [-0.05, 0) is 62.3 Å². The van der Waals surface area contributed by atoms with Gasteiger partial charge in [0.05, 0.1) is 23.2 Å². The maximum Gasteiger partial charge on any atom is 0.229 e. The molecular formula is C27H27N5O2S. The van der Waals surface area contributed by atoms with Gasteiger partial charge in [0.25, 0.3) is 0 Å². The fourth-order valence-electron chi connectivity index (χ4n) is 4.65. The van der Waals surface area contributed by atoms with E-state index in [0.717, 1.165) is 17.0 Å². The highest BCUT2D eigenvalue weighted by atomic mass is 32.2. The van der Waals surface area contributed by atoms with Crippen molar-refractivity contribution in [3.63, 3.8) is 0 Å². The minimum atomic E-state index is -0.790. The lowest BCUT2D eigenvalue weighted by atomic mass is 9.71. The zero-order valence-corrected chi connectivity index (χ0v) is 20.9. The van der Waals surface area contributed by atoms with Gasteiger partial charge in [0.1, 0.15) is 5.82 Å². The van der Waals surface area contributed by atoms with Crippen molar-refractivity contribution >= 4 is 34.9 Å². The van der Waals surface area contributed by atoms with Crippen molar-refractivity contribution in [1.29, 1.82) is 0 Å². The van der Waals surface area contributed by atoms with Crippen LogP contribution in [-0.4, -0.2) is 36.8 Å². The number of aromatic nitrogens is 4. The molecular weight excluding hydrogens is 458 g/mol. The number of Topliss-reactive ketones (excluding diaryl/α,β-unsaturated/α-hetero) is 1. The molecule has 1 unspecified atom stereocenters. The Balaban J connectivity index is 1.34. The molecule has 0 saturated heterocycles. The van der Waals surface area contributed by atoms with Crippen LogP contribution in [-0.2, 0) is 23.1 Å². The van der Waals surface area contributed by atoms with Crippen molar-refractivity contribution in [3.8, 4) is 0 Å². The van der Waals surface area contributed by atoms with E-state index in [9.17, 15) is 9.59 Å². The lowest BCUT2D eigenvalue weighted by molar-refractivity contribution is -0.115. The lowest BCUT2D eigenvalue weighted by Crippen LogP contribution is -2.39. The molecule has 0 spiro atoms. The number of nitrogens with one attached hydrogen (secondary N) is 1. The van der Waals surface area contributed by atoms with Crippen LogP contribution in [0.2, 0.25) is 0 Å². The van der Waals surface area contributed by atoms with Crippen molar-refractivity contribution in [2.45, 2.75) is 50.3 Å². The zero-order valence-electron chi connectivity index (χ0n) is 20.0. The molecule has 7 nitrogen and oxygen atoms in total. The van der Waals surface area contributed by atoms with Crippen LogP contribution in [0.25, 0.3) is 5.65 Å². The van der Waals surface area contributed by atoms with Crippen LogP contribution in [0.4, 0.5) is 5.82 Å². The molecule has 5 rings (SSSR count). The average molecular weight is 486 g/mol. The molecule has 1 amide bonds. The van der Waals surface area contributed by atoms with E-state index in [-0.39, 0.29) is 18.1 Å². The molecule has 0 aliphatic heterocycles. The zero-order chi connectivity index (χ0) is 24.6. The SMILES string of the molecule is CCSc1ccc(CC(=O)Nc2ccc3c(n2)CCC(C)(c2nccn4c(C)cnc24)C3=O)cc1. The van der Waals surface area contributed by atoms with Gasteiger partial charge in [-0.15, -0.1) is 11.8 Å². The van der Waals surface area contributed by atoms with Gasteiger partial charge in [-0.1, -0.05) is 19.1 Å². The molecule has 1 aliphatic carbocycles. The van der Waals surface area contributed by atoms with Crippen molar-refractivity contribution in [3.05, 3.63) is 83.2 Å². The van der Waals surface area contributed by atoms with E-state index >= 15 is 0 Å². The standard InChI is InChI=1S/C27H27N5O2S/c1-4-35-19-7-5-18(6-8-19)15-23(33)31-22-10-9-20-21(30-22)11-12-27(3,25(20)34)24-26-29-16-17(2)32(26)14-13-28-24/h5-10,13-14,16H,4,11-12,15H2,1-3H3,(H,30,31,33). The number of hydrogen-bond acceptors (Lipinski definition) is 6. The number of anilines is 1. The summed E-state index contributed by atoms with van der Waals surface area (Å²) in [5, 5.41) is 2.88. The van der Waals surface area contributed by atoms with Crippen LogP contribution in [0, 0.1) is 6.92 Å². The minimum absolute atomic E-state index is 0.0181. The summed E-state index contributed by atoms with van der Waals surface area (Å²) in [6, 6.07) is 11.5. The summed E-state index contributed by atoms with van der Waals surface area (Å²) in [6.45, 7) is 6.03. The largest absolute Gasteiger partial charge is 0.310 e. The first-order valence-electron chi connectivity index (χ1n) is 11.7. The molecule has 3 aromatic heterocycles. The second-order valence-electron chi connectivity index (χ2n) is 9.02. The number of nitrogens with zero attached hydrogens (tertiary/aromatic N) is 4. The highest BCUT2D eigenvalue weighted by Gasteiger charge is 2.43. The third kappa shape index (κ3) is 4.34. The molecule has 0 radical (unpaired) electrons. The first kappa shape index (κ1) is 23.2. The van der Waals surface area contributed by atoms with Gasteiger partial charge in [0, 0.05) is 34.7 Å². The van der Waals surface area contributed by atoms with Crippen molar-refractivity contribution in [1.82, 2.24) is 19.4 Å². The van der Waals surface area contributed by atoms with E-state index in [0.29, 0.717) is 41.3 Å². The molecule has 3 heterocycles. The molecule has 178 valence electrons. The maximum atomic E-state index is 13.6. The fourth-order valence-corrected chi connectivity index (χ4v) is 5.31. The number of fused-ring (bicyclic) bond motifs is 2. The number of benzene rings is 1. The molecule has 1 N–H and O–H groups in total. The fraction of sp³-hybridized carbons (Fsp3) is 0.296. The van der Waals surface area contributed by atoms with Gasteiger partial charge < -0.3 is 9.72 Å². The number of hydrogen-bond donors (Lipinski definition) is 1. The van der Waals surface area contributed by atoms with Crippen molar-refractivity contribution in [2.75, 3.05) is 11.1 Å². The summed E-state index contributed by atoms with van der Waals surface area (Å²) < 4.78 is 1.96. The highest BCUT2D eigenvalue weighted by Crippen LogP contribution is 2.38. The van der Waals surface area contributed by atoms with Crippen LogP contribution in [0.1, 0.15) is 53.3 Å². The van der Waals surface area contributed by atoms with E-state index in [1.807, 2.05) is 48.7 Å². The number of rotatable bonds is 6. The Labute approximate surface area is 208 Å². The highest BCUT2D eigenvalue weighted by molar-refractivity contribution is 7.99. The molecule has 1 atom stereocenters. The number of carbonyl (C=O) groups is 2. The average Bonchev–Trinajstić information content (AvgIpc) is 3.24. The van der Waals surface area contributed by atoms with Gasteiger partial charge in [-0.3, -0.25) is 14.6 Å². The topological polar surface area (TPSA) is 89.2 Å². The van der Waals surface area contributed by atoms with E-state index in [4.69, 9.17) is 0 Å². The van der Waals surface area contributed by atoms with Gasteiger partial charge in [-0.2, -0.15) is 0 Å². The summed E-state index contributed by atoms with van der Waals surface area (Å²) >= 11 is 1.77. The van der Waals surface area contributed by atoms with Gasteiger partial charge in [0.15, 0.2) is 11.4 Å². The van der Waals surface area contributed by atoms with Crippen LogP contribution in [0.15, 0.2) is 59.9 Å². The Kier molecular flexibility index (Phi) is 6.15. The van der Waals surface area contributed by atoms with Crippen molar-refractivity contribution < 1.29 is 9.59 Å². The predicted molar refractivity (Wildman–Crippen MR) is 137 cm³/mol. The molecule has 0 fully saturated rings. The number of thioether (sulfide) groups is 1. The summed E-state index contributed by atoms with van der Waals surface area (Å²) in [4.78, 5) is 41.1. The molecule has 0 saturated carbocycles. The Morgan fingerprint density at radius 2 is 1.97 bits per heavy atom. The van der Waals surface area contributed by atoms with Crippen LogP contribution < -0.4 is 5.32 Å². The number of pyridine rings is 1. The maximum absolute atomic E-state index is 13.6. The normalized spacial score (nSPS) is 17.4. The van der Waals surface area contributed by atoms with E-state index < -0.39 is 5.41 Å². The number of ketones is 1. The van der Waals surface area contributed by atoms with Crippen molar-refractivity contribution in [2.24, 2.45) is 0 Å². The monoisotopic (exact) mass is 485 g/mol. The van der Waals surface area contributed by atoms with E-state index in [1.54, 1.807) is 36.3 Å². The number of amides is 1. The minimum Gasteiger partial charge on any atom is -0.310 e. The Morgan fingerprint density at radius 1 is 1.17 bits per heavy atom. The number of carbonyl (C=O) groups excluding carboxylic acids is 2. The van der Waals surface area contributed by atoms with Gasteiger partial charge in [0.2, 0.25) is 5.91 Å². The quantitative estimate of drug-likeness (QED) is 0.394. The molecule has 1 aromatic carbocycles. The molecule has 0 bridgehead atoms. The third-order valence-electron chi connectivity index (χ3n) is 6.58. The first-order valence-corrected chi connectivity index (χ1v) is 12.7. The summed E-state index contributed by atoms with van der Waals surface area (Å²) in [5.41, 5.74) is 3.83. The van der Waals surface area contributed by atoms with Gasteiger partial charge >= 0.3 is 0 Å². The Morgan fingerprint density at radius 3 is 2.74 bits per heavy atom. The predicted octanol–water partition coefficient (Wildman–Crippen LogP) is 4.81. The third-order valence-corrected chi connectivity index (χ3v) is 7.48. The number of aryl methyl sites for hydroxylation is 2. The first-order chi connectivity index (χ1) is 16.9. The van der Waals surface area contributed by atoms with E-state index in [1.165, 1.54) is 4.90 Å². The second kappa shape index (κ2) is 9.26.